The van der Waals surface area contributed by atoms with Gasteiger partial charge in [0.2, 0.25) is 0 Å². The van der Waals surface area contributed by atoms with E-state index in [2.05, 4.69) is 4.98 Å². The van der Waals surface area contributed by atoms with Gasteiger partial charge in [-0.2, -0.15) is 0 Å². The van der Waals surface area contributed by atoms with E-state index < -0.39 is 5.54 Å². The van der Waals surface area contributed by atoms with Gasteiger partial charge in [-0.25, -0.2) is 9.78 Å². The third-order valence-corrected chi connectivity index (χ3v) is 2.80. The molecule has 0 atom stereocenters. The Balaban J connectivity index is 2.82. The molecule has 0 aliphatic heterocycles. The zero-order valence-electron chi connectivity index (χ0n) is 11.0. The molecule has 7 nitrogen and oxygen atoms in total. The van der Waals surface area contributed by atoms with Gasteiger partial charge in [-0.05, 0) is 13.8 Å². The molecule has 0 aliphatic carbocycles. The van der Waals surface area contributed by atoms with Crippen molar-refractivity contribution in [3.05, 3.63) is 27.2 Å². The molecule has 0 spiro atoms. The second kappa shape index (κ2) is 3.81. The Labute approximate surface area is 103 Å². The van der Waals surface area contributed by atoms with E-state index in [-0.39, 0.29) is 11.2 Å². The summed E-state index contributed by atoms with van der Waals surface area (Å²) >= 11 is 0. The van der Waals surface area contributed by atoms with Crippen LogP contribution in [0.25, 0.3) is 11.2 Å². The van der Waals surface area contributed by atoms with Crippen molar-refractivity contribution in [2.45, 2.75) is 25.9 Å². The highest BCUT2D eigenvalue weighted by atomic mass is 16.2. The predicted octanol–water partition coefficient (Wildman–Crippen LogP) is -0.829. The van der Waals surface area contributed by atoms with Gasteiger partial charge in [0, 0.05) is 26.2 Å². The molecule has 0 radical (unpaired) electrons. The molecule has 18 heavy (non-hydrogen) atoms. The molecule has 2 N–H and O–H groups in total. The molecule has 2 aromatic heterocycles. The zero-order valence-corrected chi connectivity index (χ0v) is 11.0. The summed E-state index contributed by atoms with van der Waals surface area (Å²) in [6, 6.07) is 0. The summed E-state index contributed by atoms with van der Waals surface area (Å²) < 4.78 is 4.12. The molecular formula is C11H17N5O2. The fourth-order valence-corrected chi connectivity index (χ4v) is 1.96. The SMILES string of the molecule is Cn1c(=O)c2c(ncn2CC(C)(C)N)n(C)c1=O. The highest BCUT2D eigenvalue weighted by Crippen LogP contribution is 2.09. The molecule has 2 aromatic rings. The minimum absolute atomic E-state index is 0.352. The van der Waals surface area contributed by atoms with E-state index in [0.717, 1.165) is 4.57 Å². The lowest BCUT2D eigenvalue weighted by Crippen LogP contribution is -2.40. The first kappa shape index (κ1) is 12.6. The van der Waals surface area contributed by atoms with E-state index in [1.807, 2.05) is 13.8 Å². The lowest BCUT2D eigenvalue weighted by molar-refractivity contribution is 0.439. The smallest absolute Gasteiger partial charge is 0.324 e. The summed E-state index contributed by atoms with van der Waals surface area (Å²) in [5, 5.41) is 0. The summed E-state index contributed by atoms with van der Waals surface area (Å²) in [5.41, 5.74) is 5.53. The standard InChI is InChI=1S/C11H17N5O2/c1-11(2,12)5-16-6-13-8-7(16)9(17)15(4)10(18)14(8)3/h6H,5,12H2,1-4H3. The molecular weight excluding hydrogens is 234 g/mol. The largest absolute Gasteiger partial charge is 0.332 e. The van der Waals surface area contributed by atoms with E-state index in [4.69, 9.17) is 5.73 Å². The Morgan fingerprint density at radius 2 is 1.89 bits per heavy atom. The number of fused-ring (bicyclic) bond motifs is 1. The minimum Gasteiger partial charge on any atom is -0.324 e. The fraction of sp³-hybridized carbons (Fsp3) is 0.545. The van der Waals surface area contributed by atoms with Crippen LogP contribution in [-0.2, 0) is 20.6 Å². The van der Waals surface area contributed by atoms with E-state index in [1.54, 1.807) is 17.9 Å². The zero-order chi connectivity index (χ0) is 13.7. The maximum atomic E-state index is 12.1. The number of nitrogens with two attached hydrogens (primary N) is 1. The predicted molar refractivity (Wildman–Crippen MR) is 68.5 cm³/mol. The van der Waals surface area contributed by atoms with Crippen LogP contribution in [0.15, 0.2) is 15.9 Å². The second-order valence-corrected chi connectivity index (χ2v) is 5.24. The number of nitrogens with zero attached hydrogens (tertiary/aromatic N) is 4. The molecule has 0 amide bonds. The Kier molecular flexibility index (Phi) is 2.66. The molecule has 0 aromatic carbocycles. The van der Waals surface area contributed by atoms with Crippen molar-refractivity contribution in [2.24, 2.45) is 19.8 Å². The minimum atomic E-state index is -0.465. The van der Waals surface area contributed by atoms with Crippen molar-refractivity contribution >= 4 is 11.2 Å². The molecule has 7 heteroatoms. The van der Waals surface area contributed by atoms with Gasteiger partial charge in [0.15, 0.2) is 11.2 Å². The van der Waals surface area contributed by atoms with Crippen LogP contribution in [0, 0.1) is 0 Å². The van der Waals surface area contributed by atoms with Gasteiger partial charge in [-0.15, -0.1) is 0 Å². The van der Waals surface area contributed by atoms with Gasteiger partial charge < -0.3 is 10.3 Å². The van der Waals surface area contributed by atoms with Crippen molar-refractivity contribution in [1.82, 2.24) is 18.7 Å². The Hall–Kier alpha value is -1.89. The third kappa shape index (κ3) is 1.86. The number of hydrogen-bond acceptors (Lipinski definition) is 4. The summed E-state index contributed by atoms with van der Waals surface area (Å²) in [6.45, 7) is 4.19. The Morgan fingerprint density at radius 3 is 2.44 bits per heavy atom. The molecule has 98 valence electrons. The average molecular weight is 251 g/mol. The number of aromatic nitrogens is 4. The molecule has 2 rings (SSSR count). The van der Waals surface area contributed by atoms with Gasteiger partial charge >= 0.3 is 5.69 Å². The van der Waals surface area contributed by atoms with Gasteiger partial charge in [-0.1, -0.05) is 0 Å². The van der Waals surface area contributed by atoms with Crippen LogP contribution in [-0.4, -0.2) is 24.2 Å². The van der Waals surface area contributed by atoms with Crippen molar-refractivity contribution in [3.8, 4) is 0 Å². The maximum absolute atomic E-state index is 12.1. The highest BCUT2D eigenvalue weighted by Gasteiger charge is 2.18. The third-order valence-electron chi connectivity index (χ3n) is 2.80. The van der Waals surface area contributed by atoms with E-state index in [0.29, 0.717) is 17.7 Å². The van der Waals surface area contributed by atoms with E-state index in [1.165, 1.54) is 11.6 Å². The number of aryl methyl sites for hydroxylation is 1. The van der Waals surface area contributed by atoms with Crippen LogP contribution >= 0.6 is 0 Å². The molecule has 2 heterocycles. The lowest BCUT2D eigenvalue weighted by atomic mass is 10.1. The molecule has 0 saturated heterocycles. The van der Waals surface area contributed by atoms with Crippen molar-refractivity contribution in [1.29, 1.82) is 0 Å². The Bertz CT molecular complexity index is 714. The molecule has 0 aliphatic rings. The quantitative estimate of drug-likeness (QED) is 0.754. The van der Waals surface area contributed by atoms with Crippen LogP contribution in [0.3, 0.4) is 0 Å². The monoisotopic (exact) mass is 251 g/mol. The highest BCUT2D eigenvalue weighted by molar-refractivity contribution is 5.69. The van der Waals surface area contributed by atoms with Crippen LogP contribution in [0.1, 0.15) is 13.8 Å². The van der Waals surface area contributed by atoms with Gasteiger partial charge in [0.25, 0.3) is 5.56 Å². The van der Waals surface area contributed by atoms with E-state index in [9.17, 15) is 9.59 Å². The normalized spacial score (nSPS) is 12.3. The molecule has 0 bridgehead atoms. The van der Waals surface area contributed by atoms with Crippen LogP contribution < -0.4 is 17.0 Å². The number of rotatable bonds is 2. The summed E-state index contributed by atoms with van der Waals surface area (Å²) in [4.78, 5) is 28.0. The molecule has 0 fully saturated rings. The molecule has 0 saturated carbocycles. The summed E-state index contributed by atoms with van der Waals surface area (Å²) in [7, 11) is 3.05. The Morgan fingerprint density at radius 1 is 1.28 bits per heavy atom. The summed E-state index contributed by atoms with van der Waals surface area (Å²) in [6.07, 6.45) is 1.54. The number of imidazole rings is 1. The maximum Gasteiger partial charge on any atom is 0.332 e. The van der Waals surface area contributed by atoms with Crippen molar-refractivity contribution in [2.75, 3.05) is 0 Å². The first-order valence-electron chi connectivity index (χ1n) is 5.62. The molecule has 0 unspecified atom stereocenters. The fourth-order valence-electron chi connectivity index (χ4n) is 1.96. The second-order valence-electron chi connectivity index (χ2n) is 5.24. The van der Waals surface area contributed by atoms with Crippen molar-refractivity contribution < 1.29 is 0 Å². The van der Waals surface area contributed by atoms with Crippen molar-refractivity contribution in [3.63, 3.8) is 0 Å². The van der Waals surface area contributed by atoms with Gasteiger partial charge in [0.1, 0.15) is 0 Å². The summed E-state index contributed by atoms with van der Waals surface area (Å²) in [5.74, 6) is 0. The van der Waals surface area contributed by atoms with Gasteiger partial charge in [0.05, 0.1) is 6.33 Å². The average Bonchev–Trinajstić information content (AvgIpc) is 2.65. The van der Waals surface area contributed by atoms with E-state index >= 15 is 0 Å². The first-order chi connectivity index (χ1) is 8.22. The number of hydrogen-bond donors (Lipinski definition) is 1. The van der Waals surface area contributed by atoms with Crippen LogP contribution in [0.4, 0.5) is 0 Å². The van der Waals surface area contributed by atoms with Crippen LogP contribution in [0.5, 0.6) is 0 Å². The van der Waals surface area contributed by atoms with Gasteiger partial charge in [-0.3, -0.25) is 13.9 Å². The lowest BCUT2D eigenvalue weighted by Gasteiger charge is -2.19. The van der Waals surface area contributed by atoms with Crippen LogP contribution in [0.2, 0.25) is 0 Å². The topological polar surface area (TPSA) is 87.8 Å². The first-order valence-corrected chi connectivity index (χ1v) is 5.62.